The summed E-state index contributed by atoms with van der Waals surface area (Å²) in [5.74, 6) is 2.77. The van der Waals surface area contributed by atoms with Crippen molar-refractivity contribution in [3.05, 3.63) is 64.9 Å². The smallest absolute Gasteiger partial charge is 0.193 e. The standard InChI is InChI=1S/C22H30N6OS.HI/c1-3-21-26-25-18-28(21)14-13-24-22(23-12-11-20-10-7-17-30-20)27(2)15-16-29-19-8-5-4-6-9-19;/h4-10,17-18H,3,11-16H2,1-2H3,(H,23,24);1H. The maximum atomic E-state index is 5.84. The highest BCUT2D eigenvalue weighted by Crippen LogP contribution is 2.09. The van der Waals surface area contributed by atoms with E-state index < -0.39 is 0 Å². The van der Waals surface area contributed by atoms with Crippen LogP contribution < -0.4 is 10.1 Å². The van der Waals surface area contributed by atoms with Crippen molar-refractivity contribution in [1.82, 2.24) is 25.0 Å². The Labute approximate surface area is 205 Å². The molecule has 3 rings (SSSR count). The third kappa shape index (κ3) is 8.48. The van der Waals surface area contributed by atoms with Crippen molar-refractivity contribution in [2.24, 2.45) is 4.99 Å². The molecule has 0 unspecified atom stereocenters. The molecule has 0 atom stereocenters. The molecule has 0 amide bonds. The molecule has 0 aliphatic heterocycles. The van der Waals surface area contributed by atoms with Crippen LogP contribution in [-0.2, 0) is 19.4 Å². The van der Waals surface area contributed by atoms with E-state index in [1.54, 1.807) is 17.7 Å². The van der Waals surface area contributed by atoms with Gasteiger partial charge in [0.15, 0.2) is 5.96 Å². The molecule has 0 bridgehead atoms. The Balaban J connectivity index is 0.00000341. The number of rotatable bonds is 11. The van der Waals surface area contributed by atoms with Crippen LogP contribution in [-0.4, -0.2) is 58.9 Å². The van der Waals surface area contributed by atoms with Crippen molar-refractivity contribution in [1.29, 1.82) is 0 Å². The Morgan fingerprint density at radius 2 is 2.06 bits per heavy atom. The maximum absolute atomic E-state index is 5.84. The fourth-order valence-corrected chi connectivity index (χ4v) is 3.69. The van der Waals surface area contributed by atoms with Gasteiger partial charge in [-0.1, -0.05) is 31.2 Å². The van der Waals surface area contributed by atoms with Gasteiger partial charge in [0.05, 0.1) is 6.54 Å². The molecule has 0 fully saturated rings. The van der Waals surface area contributed by atoms with Gasteiger partial charge in [-0.25, -0.2) is 0 Å². The molecular weight excluding hydrogens is 523 g/mol. The zero-order chi connectivity index (χ0) is 21.0. The summed E-state index contributed by atoms with van der Waals surface area (Å²) in [6.45, 7) is 5.73. The number of hydrogen-bond donors (Lipinski definition) is 1. The van der Waals surface area contributed by atoms with Crippen LogP contribution in [0.3, 0.4) is 0 Å². The predicted octanol–water partition coefficient (Wildman–Crippen LogP) is 3.72. The average Bonchev–Trinajstić information content (AvgIpc) is 3.45. The monoisotopic (exact) mass is 554 g/mol. The number of hydrogen-bond acceptors (Lipinski definition) is 5. The van der Waals surface area contributed by atoms with Crippen LogP contribution in [0.2, 0.25) is 0 Å². The van der Waals surface area contributed by atoms with Gasteiger partial charge < -0.3 is 19.5 Å². The third-order valence-electron chi connectivity index (χ3n) is 4.65. The van der Waals surface area contributed by atoms with Crippen molar-refractivity contribution in [2.45, 2.75) is 26.3 Å². The first-order valence-corrected chi connectivity index (χ1v) is 11.2. The van der Waals surface area contributed by atoms with Crippen molar-refractivity contribution in [2.75, 3.05) is 33.3 Å². The summed E-state index contributed by atoms with van der Waals surface area (Å²) in [5, 5.41) is 13.7. The number of ether oxygens (including phenoxy) is 1. The lowest BCUT2D eigenvalue weighted by atomic mass is 10.3. The number of aryl methyl sites for hydroxylation is 1. The number of benzene rings is 1. The Bertz CT molecular complexity index is 885. The van der Waals surface area contributed by atoms with Gasteiger partial charge in [0.2, 0.25) is 0 Å². The van der Waals surface area contributed by atoms with Gasteiger partial charge in [0.1, 0.15) is 24.5 Å². The molecule has 2 aromatic heterocycles. The van der Waals surface area contributed by atoms with Crippen LogP contribution >= 0.6 is 35.3 Å². The molecule has 0 saturated carbocycles. The van der Waals surface area contributed by atoms with Crippen LogP contribution in [0.25, 0.3) is 0 Å². The minimum atomic E-state index is 0. The molecule has 0 saturated heterocycles. The Morgan fingerprint density at radius 1 is 1.23 bits per heavy atom. The van der Waals surface area contributed by atoms with E-state index in [1.165, 1.54) is 4.88 Å². The highest BCUT2D eigenvalue weighted by atomic mass is 127. The van der Waals surface area contributed by atoms with Gasteiger partial charge in [-0.3, -0.25) is 4.99 Å². The lowest BCUT2D eigenvalue weighted by Crippen LogP contribution is -2.42. The molecule has 31 heavy (non-hydrogen) atoms. The first-order chi connectivity index (χ1) is 14.8. The Morgan fingerprint density at radius 3 is 2.81 bits per heavy atom. The first-order valence-electron chi connectivity index (χ1n) is 10.3. The predicted molar refractivity (Wildman–Crippen MR) is 138 cm³/mol. The van der Waals surface area contributed by atoms with Gasteiger partial charge in [0, 0.05) is 44.4 Å². The molecule has 0 aliphatic carbocycles. The normalized spacial score (nSPS) is 11.1. The summed E-state index contributed by atoms with van der Waals surface area (Å²) in [6.07, 6.45) is 3.60. The van der Waals surface area contributed by atoms with Crippen molar-refractivity contribution < 1.29 is 4.74 Å². The first kappa shape index (κ1) is 25.1. The second-order valence-corrected chi connectivity index (χ2v) is 7.87. The average molecular weight is 555 g/mol. The van der Waals surface area contributed by atoms with Crippen LogP contribution in [0.4, 0.5) is 0 Å². The number of aromatic nitrogens is 3. The minimum absolute atomic E-state index is 0. The Hall–Kier alpha value is -2.14. The molecule has 0 aliphatic rings. The van der Waals surface area contributed by atoms with E-state index in [1.807, 2.05) is 37.4 Å². The minimum Gasteiger partial charge on any atom is -0.492 e. The van der Waals surface area contributed by atoms with Gasteiger partial charge in [0.25, 0.3) is 0 Å². The summed E-state index contributed by atoms with van der Waals surface area (Å²) in [4.78, 5) is 8.30. The molecule has 1 aromatic carbocycles. The summed E-state index contributed by atoms with van der Waals surface area (Å²) in [7, 11) is 2.04. The van der Waals surface area contributed by atoms with E-state index in [0.29, 0.717) is 6.61 Å². The van der Waals surface area contributed by atoms with Crippen LogP contribution in [0, 0.1) is 0 Å². The molecule has 9 heteroatoms. The second-order valence-electron chi connectivity index (χ2n) is 6.84. The van der Waals surface area contributed by atoms with Crippen molar-refractivity contribution in [3.63, 3.8) is 0 Å². The second kappa shape index (κ2) is 14.0. The van der Waals surface area contributed by atoms with E-state index in [-0.39, 0.29) is 24.0 Å². The summed E-state index contributed by atoms with van der Waals surface area (Å²) in [6, 6.07) is 14.1. The molecule has 0 spiro atoms. The van der Waals surface area contributed by atoms with E-state index in [0.717, 1.165) is 56.6 Å². The van der Waals surface area contributed by atoms with Gasteiger partial charge in [-0.05, 0) is 23.6 Å². The largest absolute Gasteiger partial charge is 0.492 e. The number of guanidine groups is 1. The maximum Gasteiger partial charge on any atom is 0.193 e. The number of halogens is 1. The lowest BCUT2D eigenvalue weighted by Gasteiger charge is -2.23. The topological polar surface area (TPSA) is 67.6 Å². The number of para-hydroxylation sites is 1. The molecule has 1 N–H and O–H groups in total. The number of likely N-dealkylation sites (N-methyl/N-ethyl adjacent to an activating group) is 1. The van der Waals surface area contributed by atoms with E-state index in [2.05, 4.69) is 49.4 Å². The van der Waals surface area contributed by atoms with Crippen molar-refractivity contribution in [3.8, 4) is 5.75 Å². The summed E-state index contributed by atoms with van der Waals surface area (Å²) >= 11 is 1.77. The number of thiophene rings is 1. The van der Waals surface area contributed by atoms with E-state index in [4.69, 9.17) is 9.73 Å². The molecule has 0 radical (unpaired) electrons. The fourth-order valence-electron chi connectivity index (χ4n) is 2.99. The van der Waals surface area contributed by atoms with Crippen LogP contribution in [0.5, 0.6) is 5.75 Å². The highest BCUT2D eigenvalue weighted by Gasteiger charge is 2.08. The fraction of sp³-hybridized carbons (Fsp3) is 0.409. The highest BCUT2D eigenvalue weighted by molar-refractivity contribution is 14.0. The molecule has 168 valence electrons. The lowest BCUT2D eigenvalue weighted by molar-refractivity contribution is 0.281. The van der Waals surface area contributed by atoms with Crippen LogP contribution in [0.1, 0.15) is 17.6 Å². The zero-order valence-corrected chi connectivity index (χ0v) is 21.3. The van der Waals surface area contributed by atoms with E-state index in [9.17, 15) is 0 Å². The van der Waals surface area contributed by atoms with Gasteiger partial charge >= 0.3 is 0 Å². The SMILES string of the molecule is CCc1nncn1CCNC(=NCCc1cccs1)N(C)CCOc1ccccc1.I. The summed E-state index contributed by atoms with van der Waals surface area (Å²) in [5.41, 5.74) is 0. The van der Waals surface area contributed by atoms with Crippen LogP contribution in [0.15, 0.2) is 59.2 Å². The third-order valence-corrected chi connectivity index (χ3v) is 5.58. The molecule has 2 heterocycles. The molecule has 3 aromatic rings. The number of aliphatic imine (C=N–C) groups is 1. The molecule has 7 nitrogen and oxygen atoms in total. The molecular formula is C22H31IN6OS. The Kier molecular flexibility index (Phi) is 11.4. The van der Waals surface area contributed by atoms with Gasteiger partial charge in [-0.2, -0.15) is 0 Å². The number of nitrogens with one attached hydrogen (secondary N) is 1. The quantitative estimate of drug-likeness (QED) is 0.223. The zero-order valence-electron chi connectivity index (χ0n) is 18.1. The van der Waals surface area contributed by atoms with Crippen molar-refractivity contribution >= 4 is 41.3 Å². The summed E-state index contributed by atoms with van der Waals surface area (Å²) < 4.78 is 7.92. The van der Waals surface area contributed by atoms with E-state index >= 15 is 0 Å². The van der Waals surface area contributed by atoms with Gasteiger partial charge in [-0.15, -0.1) is 45.5 Å². The number of nitrogens with zero attached hydrogens (tertiary/aromatic N) is 5.